The van der Waals surface area contributed by atoms with Crippen LogP contribution in [0.4, 0.5) is 0 Å². The van der Waals surface area contributed by atoms with Gasteiger partial charge in [0.25, 0.3) is 0 Å². The van der Waals surface area contributed by atoms with Crippen molar-refractivity contribution < 1.29 is 9.53 Å². The first-order chi connectivity index (χ1) is 11.8. The van der Waals surface area contributed by atoms with Gasteiger partial charge in [0.05, 0.1) is 7.11 Å². The molecule has 1 saturated carbocycles. The van der Waals surface area contributed by atoms with E-state index in [1.165, 1.54) is 103 Å². The predicted octanol–water partition coefficient (Wildman–Crippen LogP) is 7.06. The lowest BCUT2D eigenvalue weighted by molar-refractivity contribution is -0.140. The fraction of sp³-hybridized carbons (Fsp3) is 0.955. The monoisotopic (exact) mass is 338 g/mol. The van der Waals surface area contributed by atoms with Crippen molar-refractivity contribution in [3.05, 3.63) is 0 Å². The Morgan fingerprint density at radius 1 is 0.750 bits per heavy atom. The fourth-order valence-corrected chi connectivity index (χ4v) is 3.87. The van der Waals surface area contributed by atoms with Gasteiger partial charge >= 0.3 is 5.97 Å². The summed E-state index contributed by atoms with van der Waals surface area (Å²) in [4.78, 5) is 11.0. The highest BCUT2D eigenvalue weighted by Gasteiger charge is 2.34. The first-order valence-electron chi connectivity index (χ1n) is 10.8. The minimum atomic E-state index is -0.0585. The number of rotatable bonds is 17. The van der Waals surface area contributed by atoms with Crippen LogP contribution in [-0.2, 0) is 9.53 Å². The van der Waals surface area contributed by atoms with Crippen LogP contribution in [0.1, 0.15) is 116 Å². The summed E-state index contributed by atoms with van der Waals surface area (Å²) in [5, 5.41) is 0. The second-order valence-corrected chi connectivity index (χ2v) is 7.90. The van der Waals surface area contributed by atoms with Crippen LogP contribution in [0, 0.1) is 11.8 Å². The first-order valence-corrected chi connectivity index (χ1v) is 10.8. The van der Waals surface area contributed by atoms with E-state index >= 15 is 0 Å². The fourth-order valence-electron chi connectivity index (χ4n) is 3.87. The van der Waals surface area contributed by atoms with Gasteiger partial charge in [-0.25, -0.2) is 0 Å². The summed E-state index contributed by atoms with van der Waals surface area (Å²) >= 11 is 0. The topological polar surface area (TPSA) is 26.3 Å². The third kappa shape index (κ3) is 11.9. The Hall–Kier alpha value is -0.530. The second-order valence-electron chi connectivity index (χ2n) is 7.90. The molecule has 0 amide bonds. The Morgan fingerprint density at radius 3 is 1.71 bits per heavy atom. The van der Waals surface area contributed by atoms with Gasteiger partial charge in [-0.05, 0) is 24.7 Å². The molecule has 0 aliphatic heterocycles. The molecule has 1 rings (SSSR count). The van der Waals surface area contributed by atoms with Crippen molar-refractivity contribution in [2.75, 3.05) is 7.11 Å². The molecule has 0 aromatic carbocycles. The van der Waals surface area contributed by atoms with Gasteiger partial charge in [0.1, 0.15) is 0 Å². The van der Waals surface area contributed by atoms with Crippen LogP contribution in [0.25, 0.3) is 0 Å². The van der Waals surface area contributed by atoms with E-state index < -0.39 is 0 Å². The summed E-state index contributed by atoms with van der Waals surface area (Å²) < 4.78 is 4.66. The van der Waals surface area contributed by atoms with Gasteiger partial charge in [-0.1, -0.05) is 96.8 Å². The van der Waals surface area contributed by atoms with Gasteiger partial charge in [0, 0.05) is 6.42 Å². The van der Waals surface area contributed by atoms with Gasteiger partial charge in [-0.15, -0.1) is 0 Å². The Bertz CT molecular complexity index is 300. The zero-order valence-electron chi connectivity index (χ0n) is 16.5. The molecule has 0 radical (unpaired) electrons. The van der Waals surface area contributed by atoms with E-state index in [1.807, 2.05) is 0 Å². The zero-order chi connectivity index (χ0) is 17.5. The van der Waals surface area contributed by atoms with Gasteiger partial charge in [-0.2, -0.15) is 0 Å². The summed E-state index contributed by atoms with van der Waals surface area (Å²) in [6.45, 7) is 2.29. The van der Waals surface area contributed by atoms with E-state index in [4.69, 9.17) is 0 Å². The number of hydrogen-bond donors (Lipinski definition) is 0. The normalized spacial score (nSPS) is 19.4. The van der Waals surface area contributed by atoms with Crippen molar-refractivity contribution in [2.24, 2.45) is 11.8 Å². The van der Waals surface area contributed by atoms with E-state index in [9.17, 15) is 4.79 Å². The average Bonchev–Trinajstić information content (AvgIpc) is 3.34. The molecule has 2 heteroatoms. The molecule has 0 heterocycles. The van der Waals surface area contributed by atoms with E-state index in [1.54, 1.807) is 0 Å². The maximum Gasteiger partial charge on any atom is 0.305 e. The Morgan fingerprint density at radius 2 is 1.21 bits per heavy atom. The molecule has 0 aromatic heterocycles. The van der Waals surface area contributed by atoms with Crippen LogP contribution in [-0.4, -0.2) is 13.1 Å². The number of esters is 1. The van der Waals surface area contributed by atoms with Crippen LogP contribution in [0.3, 0.4) is 0 Å². The first kappa shape index (κ1) is 21.5. The Kier molecular flexibility index (Phi) is 13.3. The van der Waals surface area contributed by atoms with E-state index in [2.05, 4.69) is 11.7 Å². The molecule has 24 heavy (non-hydrogen) atoms. The molecule has 1 aliphatic rings. The predicted molar refractivity (Wildman–Crippen MR) is 103 cm³/mol. The van der Waals surface area contributed by atoms with Gasteiger partial charge < -0.3 is 4.74 Å². The SMILES string of the molecule is CCCCCCCCCC[C@@H]1C[C@@H]1CCCCCCCC(=O)OC. The number of carbonyl (C=O) groups excluding carboxylic acids is 1. The van der Waals surface area contributed by atoms with Crippen LogP contribution < -0.4 is 0 Å². The molecule has 0 aromatic rings. The standard InChI is InChI=1S/C22H42O2/c1-3-4-5-6-7-8-10-13-16-20-19-21(20)17-14-11-9-12-15-18-22(23)24-2/h20-21H,3-19H2,1-2H3/t20-,21+/m1/s1. The van der Waals surface area contributed by atoms with E-state index in [0.717, 1.165) is 18.3 Å². The largest absolute Gasteiger partial charge is 0.469 e. The molecule has 2 nitrogen and oxygen atoms in total. The molecule has 0 unspecified atom stereocenters. The molecule has 0 spiro atoms. The lowest BCUT2D eigenvalue weighted by Crippen LogP contribution is -1.99. The molecule has 0 N–H and O–H groups in total. The van der Waals surface area contributed by atoms with E-state index in [0.29, 0.717) is 6.42 Å². The number of hydrogen-bond acceptors (Lipinski definition) is 2. The van der Waals surface area contributed by atoms with Crippen LogP contribution in [0.2, 0.25) is 0 Å². The molecular weight excluding hydrogens is 296 g/mol. The van der Waals surface area contributed by atoms with Gasteiger partial charge in [0.15, 0.2) is 0 Å². The highest BCUT2D eigenvalue weighted by atomic mass is 16.5. The maximum atomic E-state index is 11.0. The summed E-state index contributed by atoms with van der Waals surface area (Å²) in [5.41, 5.74) is 0. The summed E-state index contributed by atoms with van der Waals surface area (Å²) in [5.74, 6) is 2.07. The van der Waals surface area contributed by atoms with Crippen molar-refractivity contribution in [3.63, 3.8) is 0 Å². The molecule has 2 atom stereocenters. The average molecular weight is 339 g/mol. The van der Waals surface area contributed by atoms with Crippen molar-refractivity contribution in [2.45, 2.75) is 116 Å². The zero-order valence-corrected chi connectivity index (χ0v) is 16.5. The van der Waals surface area contributed by atoms with Crippen molar-refractivity contribution >= 4 is 5.97 Å². The number of ether oxygens (including phenoxy) is 1. The van der Waals surface area contributed by atoms with Gasteiger partial charge in [0.2, 0.25) is 0 Å². The van der Waals surface area contributed by atoms with Crippen LogP contribution >= 0.6 is 0 Å². The Labute approximate surface area is 151 Å². The lowest BCUT2D eigenvalue weighted by Gasteiger charge is -2.03. The van der Waals surface area contributed by atoms with Crippen molar-refractivity contribution in [3.8, 4) is 0 Å². The number of methoxy groups -OCH3 is 1. The smallest absolute Gasteiger partial charge is 0.305 e. The highest BCUT2D eigenvalue weighted by molar-refractivity contribution is 5.68. The maximum absolute atomic E-state index is 11.0. The molecule has 1 aliphatic carbocycles. The highest BCUT2D eigenvalue weighted by Crippen LogP contribution is 2.45. The Balaban J connectivity index is 1.76. The molecular formula is C22H42O2. The van der Waals surface area contributed by atoms with Crippen molar-refractivity contribution in [1.29, 1.82) is 0 Å². The minimum Gasteiger partial charge on any atom is -0.469 e. The summed E-state index contributed by atoms with van der Waals surface area (Å²) in [6, 6.07) is 0. The lowest BCUT2D eigenvalue weighted by atomic mass is 10.0. The summed E-state index contributed by atoms with van der Waals surface area (Å²) in [6.07, 6.45) is 22.8. The number of carbonyl (C=O) groups is 1. The summed E-state index contributed by atoms with van der Waals surface area (Å²) in [7, 11) is 1.47. The van der Waals surface area contributed by atoms with Crippen LogP contribution in [0.5, 0.6) is 0 Å². The van der Waals surface area contributed by atoms with E-state index in [-0.39, 0.29) is 5.97 Å². The molecule has 1 fully saturated rings. The van der Waals surface area contributed by atoms with Crippen LogP contribution in [0.15, 0.2) is 0 Å². The second kappa shape index (κ2) is 14.8. The van der Waals surface area contributed by atoms with Gasteiger partial charge in [-0.3, -0.25) is 4.79 Å². The molecule has 0 bridgehead atoms. The minimum absolute atomic E-state index is 0.0585. The quantitative estimate of drug-likeness (QED) is 0.210. The third-order valence-corrected chi connectivity index (χ3v) is 5.68. The molecule has 142 valence electrons. The number of unbranched alkanes of at least 4 members (excludes halogenated alkanes) is 11. The molecule has 0 saturated heterocycles. The third-order valence-electron chi connectivity index (χ3n) is 5.68. The van der Waals surface area contributed by atoms with Crippen molar-refractivity contribution in [1.82, 2.24) is 0 Å².